The molecule has 12 N–H and O–H groups in total. The fourth-order valence-electron chi connectivity index (χ4n) is 0.0680. The van der Waals surface area contributed by atoms with Crippen LogP contribution in [0.5, 0.6) is 0 Å². The van der Waals surface area contributed by atoms with Crippen LogP contribution in [-0.2, 0) is 4.74 Å². The molecule has 0 heterocycles. The summed E-state index contributed by atoms with van der Waals surface area (Å²) in [4.78, 5) is 0. The summed E-state index contributed by atoms with van der Waals surface area (Å²) >= 11 is 0. The molecule has 0 spiro atoms. The Morgan fingerprint density at radius 2 is 1.18 bits per heavy atom. The van der Waals surface area contributed by atoms with Crippen LogP contribution in [0.1, 0.15) is 0 Å². The van der Waals surface area contributed by atoms with E-state index in [4.69, 9.17) is 21.7 Å². The highest BCUT2D eigenvalue weighted by Gasteiger charge is 1.63. The van der Waals surface area contributed by atoms with Crippen LogP contribution in [0.4, 0.5) is 0 Å². The van der Waals surface area contributed by atoms with E-state index in [0.717, 1.165) is 0 Å². The van der Waals surface area contributed by atoms with Gasteiger partial charge in [-0.05, 0) is 0 Å². The zero-order valence-electron chi connectivity index (χ0n) is 6.70. The van der Waals surface area contributed by atoms with Crippen molar-refractivity contribution in [2.24, 2.45) is 11.5 Å². The van der Waals surface area contributed by atoms with E-state index in [0.29, 0.717) is 0 Å². The normalized spacial score (nSPS) is 6.55. The Bertz CT molecular complexity index is 36.5. The van der Waals surface area contributed by atoms with Crippen molar-refractivity contribution in [2.45, 2.75) is 0 Å². The van der Waals surface area contributed by atoms with E-state index in [2.05, 4.69) is 4.74 Å². The maximum atomic E-state index is 7.62. The van der Waals surface area contributed by atoms with Gasteiger partial charge in [0.2, 0.25) is 0 Å². The number of hydrogen-bond acceptors (Lipinski definition) is 7. The van der Waals surface area contributed by atoms with E-state index in [9.17, 15) is 0 Å². The molecule has 0 amide bonds. The smallest absolute Gasteiger partial charge is 0.0958 e. The number of rotatable bonds is 3. The largest absolute Gasteiger partial charge is 0.394 e. The van der Waals surface area contributed by atoms with Crippen LogP contribution >= 0.6 is 0 Å². The van der Waals surface area contributed by atoms with Crippen LogP contribution in [0.15, 0.2) is 0 Å². The number of hydrogen-bond donors (Lipinski definition) is 6. The van der Waals surface area contributed by atoms with Gasteiger partial charge in [0.15, 0.2) is 0 Å². The lowest BCUT2D eigenvalue weighted by Crippen LogP contribution is -2.10. The van der Waals surface area contributed by atoms with Gasteiger partial charge in [-0.1, -0.05) is 0 Å². The summed E-state index contributed by atoms with van der Waals surface area (Å²) in [6.45, 7) is 0.188. The molecule has 7 nitrogen and oxygen atoms in total. The molecule has 0 aromatic carbocycles. The molecular weight excluding hydrogens is 152 g/mol. The van der Waals surface area contributed by atoms with Crippen LogP contribution < -0.4 is 23.8 Å². The first-order valence-electron chi connectivity index (χ1n) is 2.53. The van der Waals surface area contributed by atoms with Crippen LogP contribution in [0.25, 0.3) is 0 Å². The molecule has 0 aromatic rings. The quantitative estimate of drug-likeness (QED) is 0.270. The van der Waals surface area contributed by atoms with Crippen molar-refractivity contribution in [2.75, 3.05) is 26.7 Å². The van der Waals surface area contributed by atoms with E-state index in [1.54, 1.807) is 0 Å². The van der Waals surface area contributed by atoms with Gasteiger partial charge in [-0.2, -0.15) is 0 Å². The first-order valence-corrected chi connectivity index (χ1v) is 2.53. The lowest BCUT2D eigenvalue weighted by Gasteiger charge is -1.87. The minimum absolute atomic E-state index is 0. The number of ether oxygens (including phenoxy) is 1. The molecule has 0 saturated heterocycles. The van der Waals surface area contributed by atoms with Crippen molar-refractivity contribution in [3.63, 3.8) is 0 Å². The van der Waals surface area contributed by atoms with Gasteiger partial charge in [0.05, 0.1) is 26.7 Å². The van der Waals surface area contributed by atoms with Gasteiger partial charge in [-0.25, -0.2) is 0 Å². The molecule has 0 rings (SSSR count). The van der Waals surface area contributed by atoms with Crippen LogP contribution in [0.2, 0.25) is 0 Å². The number of aliphatic hydroxyl groups excluding tert-OH is 2. The predicted molar refractivity (Wildman–Crippen MR) is 43.4 cm³/mol. The predicted octanol–water partition coefficient (Wildman–Crippen LogP) is -1.87. The molecule has 0 atom stereocenters. The fourth-order valence-corrected chi connectivity index (χ4v) is 0.0680. The first-order chi connectivity index (χ1) is 4.33. The van der Waals surface area contributed by atoms with E-state index >= 15 is 0 Å². The average molecular weight is 172 g/mol. The van der Waals surface area contributed by atoms with Crippen molar-refractivity contribution < 1.29 is 14.9 Å². The van der Waals surface area contributed by atoms with Crippen molar-refractivity contribution in [1.29, 1.82) is 0 Å². The summed E-state index contributed by atoms with van der Waals surface area (Å²) in [7, 11) is 0. The van der Waals surface area contributed by atoms with Gasteiger partial charge < -0.3 is 38.7 Å². The number of nitrogens with two attached hydrogens (primary N) is 2. The van der Waals surface area contributed by atoms with Crippen molar-refractivity contribution in [3.8, 4) is 0 Å². The van der Waals surface area contributed by atoms with E-state index in [1.807, 2.05) is 0 Å². The molecular formula is C4H20N4O3. The minimum atomic E-state index is -0.125. The molecule has 0 bridgehead atoms. The highest BCUT2D eigenvalue weighted by molar-refractivity contribution is 4.06. The Balaban J connectivity index is -0.0000000383. The van der Waals surface area contributed by atoms with E-state index in [-0.39, 0.29) is 39.0 Å². The third kappa shape index (κ3) is 78.3. The monoisotopic (exact) mass is 172 g/mol. The Morgan fingerprint density at radius 1 is 0.909 bits per heavy atom. The molecule has 0 aliphatic rings. The molecule has 0 unspecified atom stereocenters. The zero-order chi connectivity index (χ0) is 7.54. The van der Waals surface area contributed by atoms with Gasteiger partial charge in [0.1, 0.15) is 0 Å². The molecule has 74 valence electrons. The standard InChI is InChI=1S/C2H8N2O.C2H6O2.2H3N/c3-1-5-2-4;3-1-2-4;;/h1-4H2;3-4H,1-2H2;2*1H3. The lowest BCUT2D eigenvalue weighted by molar-refractivity contribution is 0.148. The van der Waals surface area contributed by atoms with E-state index < -0.39 is 0 Å². The summed E-state index contributed by atoms with van der Waals surface area (Å²) in [5.74, 6) is 0. The summed E-state index contributed by atoms with van der Waals surface area (Å²) in [6, 6.07) is 0. The average Bonchev–Trinajstić information content (AvgIpc) is 1.91. The summed E-state index contributed by atoms with van der Waals surface area (Å²) < 4.78 is 4.39. The fraction of sp³-hybridized carbons (Fsp3) is 1.00. The Kier molecular flexibility index (Phi) is 67.6. The minimum Gasteiger partial charge on any atom is -0.394 e. The molecule has 0 radical (unpaired) electrons. The SMILES string of the molecule is N.N.NCOCN.OCCO. The summed E-state index contributed by atoms with van der Waals surface area (Å²) in [6.07, 6.45) is 0. The Hall–Kier alpha value is -0.280. The third-order valence-electron chi connectivity index (χ3n) is 0.336. The van der Waals surface area contributed by atoms with Crippen LogP contribution in [0.3, 0.4) is 0 Å². The lowest BCUT2D eigenvalue weighted by atomic mass is 10.8. The third-order valence-corrected chi connectivity index (χ3v) is 0.336. The second-order valence-corrected chi connectivity index (χ2v) is 0.985. The van der Waals surface area contributed by atoms with Gasteiger partial charge in [-0.15, -0.1) is 0 Å². The Morgan fingerprint density at radius 3 is 1.18 bits per heavy atom. The highest BCUT2D eigenvalue weighted by atomic mass is 16.5. The zero-order valence-corrected chi connectivity index (χ0v) is 6.70. The van der Waals surface area contributed by atoms with E-state index in [1.165, 1.54) is 0 Å². The molecule has 0 fully saturated rings. The molecule has 7 heteroatoms. The van der Waals surface area contributed by atoms with Crippen molar-refractivity contribution >= 4 is 0 Å². The summed E-state index contributed by atoms with van der Waals surface area (Å²) in [5, 5.41) is 15.2. The van der Waals surface area contributed by atoms with Gasteiger partial charge in [0, 0.05) is 0 Å². The van der Waals surface area contributed by atoms with Crippen LogP contribution in [0, 0.1) is 0 Å². The Labute approximate surface area is 66.5 Å². The van der Waals surface area contributed by atoms with Gasteiger partial charge in [0.25, 0.3) is 0 Å². The maximum Gasteiger partial charge on any atom is 0.0958 e. The van der Waals surface area contributed by atoms with Crippen molar-refractivity contribution in [3.05, 3.63) is 0 Å². The molecule has 0 aliphatic carbocycles. The second-order valence-electron chi connectivity index (χ2n) is 0.985. The first kappa shape index (κ1) is 22.4. The van der Waals surface area contributed by atoms with Crippen LogP contribution in [-0.4, -0.2) is 36.9 Å². The molecule has 11 heavy (non-hydrogen) atoms. The van der Waals surface area contributed by atoms with Gasteiger partial charge in [-0.3, -0.25) is 0 Å². The second kappa shape index (κ2) is 33.2. The molecule has 0 saturated carbocycles. The highest BCUT2D eigenvalue weighted by Crippen LogP contribution is 1.49. The van der Waals surface area contributed by atoms with Crippen molar-refractivity contribution in [1.82, 2.24) is 12.3 Å². The van der Waals surface area contributed by atoms with Gasteiger partial charge >= 0.3 is 0 Å². The topological polar surface area (TPSA) is 172 Å². The number of aliphatic hydroxyl groups is 2. The summed E-state index contributed by atoms with van der Waals surface area (Å²) in [5.41, 5.74) is 9.67. The maximum absolute atomic E-state index is 7.62. The molecule has 0 aliphatic heterocycles. The molecule has 0 aromatic heterocycles.